The molecule has 0 aliphatic carbocycles. The molecule has 0 bridgehead atoms. The van der Waals surface area contributed by atoms with Gasteiger partial charge in [0, 0.05) is 18.1 Å². The van der Waals surface area contributed by atoms with Crippen LogP contribution in [0.2, 0.25) is 5.02 Å². The second-order valence-corrected chi connectivity index (χ2v) is 5.60. The molecular weight excluding hydrogens is 310 g/mol. The van der Waals surface area contributed by atoms with Crippen molar-refractivity contribution in [2.75, 3.05) is 20.2 Å². The van der Waals surface area contributed by atoms with Crippen molar-refractivity contribution in [1.82, 2.24) is 5.32 Å². The summed E-state index contributed by atoms with van der Waals surface area (Å²) in [5, 5.41) is 3.88. The molecule has 5 heteroatoms. The Morgan fingerprint density at radius 1 is 1.04 bits per heavy atom. The van der Waals surface area contributed by atoms with E-state index in [9.17, 15) is 0 Å². The second-order valence-electron chi connectivity index (χ2n) is 5.17. The van der Waals surface area contributed by atoms with E-state index < -0.39 is 0 Å². The van der Waals surface area contributed by atoms with Crippen molar-refractivity contribution in [2.45, 2.75) is 12.8 Å². The standard InChI is InChI=1S/C18H22ClN3O/c1-23-17-8-4-15(5-9-17)11-13-22-18(20)21-12-10-14-2-6-16(19)7-3-14/h2-9H,10-13H2,1H3,(H3,20,21,22). The highest BCUT2D eigenvalue weighted by molar-refractivity contribution is 6.30. The fourth-order valence-corrected chi connectivity index (χ4v) is 2.27. The fourth-order valence-electron chi connectivity index (χ4n) is 2.14. The molecule has 2 aromatic rings. The van der Waals surface area contributed by atoms with E-state index in [0.717, 1.165) is 30.2 Å². The third kappa shape index (κ3) is 6.20. The smallest absolute Gasteiger partial charge is 0.188 e. The Labute approximate surface area is 142 Å². The van der Waals surface area contributed by atoms with Crippen molar-refractivity contribution in [3.8, 4) is 5.75 Å². The van der Waals surface area contributed by atoms with E-state index in [2.05, 4.69) is 10.3 Å². The summed E-state index contributed by atoms with van der Waals surface area (Å²) in [6.45, 7) is 1.41. The zero-order valence-corrected chi connectivity index (χ0v) is 14.0. The number of hydrogen-bond acceptors (Lipinski definition) is 2. The molecule has 4 nitrogen and oxygen atoms in total. The summed E-state index contributed by atoms with van der Waals surface area (Å²) in [6, 6.07) is 15.8. The molecule has 0 amide bonds. The van der Waals surface area contributed by atoms with E-state index in [0.29, 0.717) is 12.5 Å². The number of aliphatic imine (C=N–C) groups is 1. The number of nitrogens with two attached hydrogens (primary N) is 1. The zero-order chi connectivity index (χ0) is 16.5. The van der Waals surface area contributed by atoms with Gasteiger partial charge in [-0.1, -0.05) is 35.9 Å². The van der Waals surface area contributed by atoms with Crippen molar-refractivity contribution in [3.05, 3.63) is 64.7 Å². The van der Waals surface area contributed by atoms with Crippen LogP contribution in [0.1, 0.15) is 11.1 Å². The fraction of sp³-hybridized carbons (Fsp3) is 0.278. The van der Waals surface area contributed by atoms with Crippen molar-refractivity contribution >= 4 is 17.6 Å². The summed E-state index contributed by atoms with van der Waals surface area (Å²) in [7, 11) is 1.66. The number of hydrogen-bond donors (Lipinski definition) is 2. The Morgan fingerprint density at radius 3 is 2.30 bits per heavy atom. The Morgan fingerprint density at radius 2 is 1.65 bits per heavy atom. The highest BCUT2D eigenvalue weighted by atomic mass is 35.5. The molecule has 0 saturated heterocycles. The number of ether oxygens (including phenoxy) is 1. The first-order valence-electron chi connectivity index (χ1n) is 7.58. The van der Waals surface area contributed by atoms with Gasteiger partial charge in [-0.15, -0.1) is 0 Å². The van der Waals surface area contributed by atoms with Crippen LogP contribution in [0.4, 0.5) is 0 Å². The molecular formula is C18H22ClN3O. The molecule has 0 spiro atoms. The number of nitrogens with zero attached hydrogens (tertiary/aromatic N) is 1. The van der Waals surface area contributed by atoms with Gasteiger partial charge in [0.2, 0.25) is 0 Å². The van der Waals surface area contributed by atoms with Crippen molar-refractivity contribution < 1.29 is 4.74 Å². The van der Waals surface area contributed by atoms with Crippen molar-refractivity contribution in [2.24, 2.45) is 10.7 Å². The van der Waals surface area contributed by atoms with Gasteiger partial charge in [0.25, 0.3) is 0 Å². The average molecular weight is 332 g/mol. The van der Waals surface area contributed by atoms with Gasteiger partial charge >= 0.3 is 0 Å². The molecule has 2 aromatic carbocycles. The SMILES string of the molecule is COc1ccc(CCNC(N)=NCCc2ccc(Cl)cc2)cc1. The monoisotopic (exact) mass is 331 g/mol. The topological polar surface area (TPSA) is 59.6 Å². The van der Waals surface area contributed by atoms with E-state index in [4.69, 9.17) is 22.1 Å². The van der Waals surface area contributed by atoms with Crippen LogP contribution < -0.4 is 15.8 Å². The van der Waals surface area contributed by atoms with Crippen LogP contribution >= 0.6 is 11.6 Å². The molecule has 0 radical (unpaired) electrons. The maximum atomic E-state index is 5.87. The molecule has 23 heavy (non-hydrogen) atoms. The van der Waals surface area contributed by atoms with Gasteiger partial charge in [0.1, 0.15) is 5.75 Å². The largest absolute Gasteiger partial charge is 0.497 e. The lowest BCUT2D eigenvalue weighted by Gasteiger charge is -2.07. The summed E-state index contributed by atoms with van der Waals surface area (Å²) in [5.41, 5.74) is 8.30. The van der Waals surface area contributed by atoms with Gasteiger partial charge in [-0.25, -0.2) is 0 Å². The first-order chi connectivity index (χ1) is 11.2. The number of guanidine groups is 1. The summed E-state index contributed by atoms with van der Waals surface area (Å²) < 4.78 is 5.14. The predicted octanol–water partition coefficient (Wildman–Crippen LogP) is 3.04. The summed E-state index contributed by atoms with van der Waals surface area (Å²) in [6.07, 6.45) is 1.73. The van der Waals surface area contributed by atoms with E-state index in [1.807, 2.05) is 48.5 Å². The Balaban J connectivity index is 1.69. The van der Waals surface area contributed by atoms with Gasteiger partial charge in [-0.05, 0) is 48.2 Å². The van der Waals surface area contributed by atoms with Crippen LogP contribution in [0.5, 0.6) is 5.75 Å². The third-order valence-corrected chi connectivity index (χ3v) is 3.73. The molecule has 0 aromatic heterocycles. The molecule has 0 aliphatic heterocycles. The molecule has 0 heterocycles. The van der Waals surface area contributed by atoms with E-state index in [1.54, 1.807) is 7.11 Å². The summed E-state index contributed by atoms with van der Waals surface area (Å²) in [5.74, 6) is 1.34. The second kappa shape index (κ2) is 9.06. The molecule has 0 atom stereocenters. The van der Waals surface area contributed by atoms with Crippen LogP contribution in [0.3, 0.4) is 0 Å². The van der Waals surface area contributed by atoms with Crippen molar-refractivity contribution in [1.29, 1.82) is 0 Å². The molecule has 0 saturated carbocycles. The summed E-state index contributed by atoms with van der Waals surface area (Å²) >= 11 is 5.86. The van der Waals surface area contributed by atoms with Crippen LogP contribution in [0, 0.1) is 0 Å². The van der Waals surface area contributed by atoms with Gasteiger partial charge in [-0.3, -0.25) is 4.99 Å². The Bertz CT molecular complexity index is 624. The Kier molecular flexibility index (Phi) is 6.76. The minimum Gasteiger partial charge on any atom is -0.497 e. The molecule has 0 fully saturated rings. The normalized spacial score (nSPS) is 11.3. The molecule has 0 aliphatic rings. The lowest BCUT2D eigenvalue weighted by atomic mass is 10.1. The van der Waals surface area contributed by atoms with E-state index >= 15 is 0 Å². The number of benzene rings is 2. The number of rotatable bonds is 7. The molecule has 2 rings (SSSR count). The maximum Gasteiger partial charge on any atom is 0.188 e. The first kappa shape index (κ1) is 17.2. The van der Waals surface area contributed by atoms with Gasteiger partial charge in [0.05, 0.1) is 7.11 Å². The van der Waals surface area contributed by atoms with Gasteiger partial charge in [0.15, 0.2) is 5.96 Å². The number of methoxy groups -OCH3 is 1. The third-order valence-electron chi connectivity index (χ3n) is 3.47. The predicted molar refractivity (Wildman–Crippen MR) is 96.3 cm³/mol. The zero-order valence-electron chi connectivity index (χ0n) is 13.3. The number of nitrogens with one attached hydrogen (secondary N) is 1. The molecule has 3 N–H and O–H groups in total. The quantitative estimate of drug-likeness (QED) is 0.605. The lowest BCUT2D eigenvalue weighted by molar-refractivity contribution is 0.414. The van der Waals surface area contributed by atoms with Crippen LogP contribution in [-0.4, -0.2) is 26.2 Å². The van der Waals surface area contributed by atoms with Crippen LogP contribution in [0.15, 0.2) is 53.5 Å². The van der Waals surface area contributed by atoms with Gasteiger partial charge in [-0.2, -0.15) is 0 Å². The Hall–Kier alpha value is -2.20. The van der Waals surface area contributed by atoms with Gasteiger partial charge < -0.3 is 15.8 Å². The molecule has 122 valence electrons. The average Bonchev–Trinajstić information content (AvgIpc) is 2.57. The summed E-state index contributed by atoms with van der Waals surface area (Å²) in [4.78, 5) is 4.33. The van der Waals surface area contributed by atoms with Crippen LogP contribution in [-0.2, 0) is 12.8 Å². The molecule has 0 unspecified atom stereocenters. The minimum atomic E-state index is 0.479. The minimum absolute atomic E-state index is 0.479. The lowest BCUT2D eigenvalue weighted by Crippen LogP contribution is -2.33. The highest BCUT2D eigenvalue weighted by Crippen LogP contribution is 2.11. The van der Waals surface area contributed by atoms with E-state index in [1.165, 1.54) is 11.1 Å². The highest BCUT2D eigenvalue weighted by Gasteiger charge is 1.97. The van der Waals surface area contributed by atoms with Crippen LogP contribution in [0.25, 0.3) is 0 Å². The van der Waals surface area contributed by atoms with Crippen molar-refractivity contribution in [3.63, 3.8) is 0 Å². The van der Waals surface area contributed by atoms with E-state index in [-0.39, 0.29) is 0 Å². The maximum absolute atomic E-state index is 5.87. The first-order valence-corrected chi connectivity index (χ1v) is 7.96. The number of halogens is 1.